The SMILES string of the molecule is CC(=O)Nc1ccc(Br)cc1NC(=O)c1ccc(Oc2cccnc2)cc1. The summed E-state index contributed by atoms with van der Waals surface area (Å²) in [4.78, 5) is 27.9. The fourth-order valence-corrected chi connectivity index (χ4v) is 2.69. The third kappa shape index (κ3) is 5.15. The van der Waals surface area contributed by atoms with Gasteiger partial charge >= 0.3 is 0 Å². The molecule has 136 valence electrons. The maximum absolute atomic E-state index is 12.5. The average Bonchev–Trinajstić information content (AvgIpc) is 2.65. The number of hydrogen-bond donors (Lipinski definition) is 2. The third-order valence-corrected chi connectivity index (χ3v) is 4.02. The Hall–Kier alpha value is -3.19. The van der Waals surface area contributed by atoms with Gasteiger partial charge < -0.3 is 15.4 Å². The van der Waals surface area contributed by atoms with Crippen molar-refractivity contribution < 1.29 is 14.3 Å². The molecular weight excluding hydrogens is 410 g/mol. The Morgan fingerprint density at radius 1 is 0.963 bits per heavy atom. The van der Waals surface area contributed by atoms with E-state index in [9.17, 15) is 9.59 Å². The van der Waals surface area contributed by atoms with E-state index < -0.39 is 0 Å². The molecule has 0 aliphatic rings. The van der Waals surface area contributed by atoms with E-state index in [1.54, 1.807) is 67.0 Å². The molecule has 0 atom stereocenters. The molecule has 2 amide bonds. The first kappa shape index (κ1) is 18.6. The van der Waals surface area contributed by atoms with Gasteiger partial charge in [0.05, 0.1) is 17.6 Å². The molecule has 3 rings (SSSR count). The maximum Gasteiger partial charge on any atom is 0.255 e. The number of ether oxygens (including phenoxy) is 1. The zero-order valence-electron chi connectivity index (χ0n) is 14.4. The summed E-state index contributed by atoms with van der Waals surface area (Å²) in [5, 5.41) is 5.50. The number of benzene rings is 2. The lowest BCUT2D eigenvalue weighted by Crippen LogP contribution is -2.15. The molecule has 0 unspecified atom stereocenters. The molecule has 0 saturated heterocycles. The van der Waals surface area contributed by atoms with Gasteiger partial charge in [0.25, 0.3) is 5.91 Å². The van der Waals surface area contributed by atoms with Crippen LogP contribution in [0.15, 0.2) is 71.5 Å². The third-order valence-electron chi connectivity index (χ3n) is 3.53. The normalized spacial score (nSPS) is 10.1. The van der Waals surface area contributed by atoms with E-state index in [4.69, 9.17) is 4.74 Å². The molecule has 2 N–H and O–H groups in total. The summed E-state index contributed by atoms with van der Waals surface area (Å²) in [6.45, 7) is 1.41. The lowest BCUT2D eigenvalue weighted by atomic mass is 10.2. The average molecular weight is 426 g/mol. The van der Waals surface area contributed by atoms with E-state index >= 15 is 0 Å². The molecule has 7 heteroatoms. The fourth-order valence-electron chi connectivity index (χ4n) is 2.33. The van der Waals surface area contributed by atoms with Gasteiger partial charge in [-0.2, -0.15) is 0 Å². The number of pyridine rings is 1. The Bertz CT molecular complexity index is 960. The number of carbonyl (C=O) groups excluding carboxylic acids is 2. The molecule has 0 aliphatic carbocycles. The molecule has 0 aliphatic heterocycles. The summed E-state index contributed by atoms with van der Waals surface area (Å²) in [7, 11) is 0. The Balaban J connectivity index is 1.73. The van der Waals surface area contributed by atoms with Crippen molar-refractivity contribution in [3.8, 4) is 11.5 Å². The summed E-state index contributed by atoms with van der Waals surface area (Å²) in [5.74, 6) is 0.696. The largest absolute Gasteiger partial charge is 0.456 e. The second-order valence-corrected chi connectivity index (χ2v) is 6.56. The zero-order valence-corrected chi connectivity index (χ0v) is 16.0. The van der Waals surface area contributed by atoms with Gasteiger partial charge in [0.2, 0.25) is 5.91 Å². The molecule has 0 spiro atoms. The molecule has 0 radical (unpaired) electrons. The van der Waals surface area contributed by atoms with E-state index in [2.05, 4.69) is 31.5 Å². The van der Waals surface area contributed by atoms with Crippen LogP contribution in [0.4, 0.5) is 11.4 Å². The number of nitrogens with one attached hydrogen (secondary N) is 2. The van der Waals surface area contributed by atoms with E-state index in [0.717, 1.165) is 4.47 Å². The Kier molecular flexibility index (Phi) is 5.83. The van der Waals surface area contributed by atoms with Crippen LogP contribution in [0.25, 0.3) is 0 Å². The van der Waals surface area contributed by atoms with Crippen LogP contribution in [-0.2, 0) is 4.79 Å². The number of nitrogens with zero attached hydrogens (tertiary/aromatic N) is 1. The van der Waals surface area contributed by atoms with Crippen LogP contribution < -0.4 is 15.4 Å². The van der Waals surface area contributed by atoms with Crippen molar-refractivity contribution in [2.24, 2.45) is 0 Å². The highest BCUT2D eigenvalue weighted by atomic mass is 79.9. The highest BCUT2D eigenvalue weighted by molar-refractivity contribution is 9.10. The summed E-state index contributed by atoms with van der Waals surface area (Å²) < 4.78 is 6.45. The fraction of sp³-hybridized carbons (Fsp3) is 0.0500. The highest BCUT2D eigenvalue weighted by Gasteiger charge is 2.11. The highest BCUT2D eigenvalue weighted by Crippen LogP contribution is 2.27. The van der Waals surface area contributed by atoms with Crippen LogP contribution in [-0.4, -0.2) is 16.8 Å². The van der Waals surface area contributed by atoms with Gasteiger partial charge in [-0.3, -0.25) is 14.6 Å². The number of rotatable bonds is 5. The van der Waals surface area contributed by atoms with E-state index in [0.29, 0.717) is 28.4 Å². The van der Waals surface area contributed by atoms with Crippen molar-refractivity contribution in [2.45, 2.75) is 6.92 Å². The standard InChI is InChI=1S/C20H16BrN3O3/c1-13(25)23-18-9-6-15(21)11-19(18)24-20(26)14-4-7-16(8-5-14)27-17-3-2-10-22-12-17/h2-12H,1H3,(H,23,25)(H,24,26). The van der Waals surface area contributed by atoms with Crippen molar-refractivity contribution in [1.29, 1.82) is 0 Å². The number of carbonyl (C=O) groups is 2. The molecule has 1 aromatic heterocycles. The van der Waals surface area contributed by atoms with Gasteiger partial charge in [-0.05, 0) is 54.6 Å². The predicted octanol–water partition coefficient (Wildman–Crippen LogP) is 4.85. The first-order chi connectivity index (χ1) is 13.0. The summed E-state index contributed by atoms with van der Waals surface area (Å²) in [5.41, 5.74) is 1.48. The summed E-state index contributed by atoms with van der Waals surface area (Å²) >= 11 is 3.36. The number of halogens is 1. The minimum Gasteiger partial charge on any atom is -0.456 e. The Labute approximate surface area is 164 Å². The molecule has 6 nitrogen and oxygen atoms in total. The molecular formula is C20H16BrN3O3. The molecule has 1 heterocycles. The van der Waals surface area contributed by atoms with Gasteiger partial charge in [-0.25, -0.2) is 0 Å². The number of hydrogen-bond acceptors (Lipinski definition) is 4. The molecule has 0 bridgehead atoms. The van der Waals surface area contributed by atoms with Crippen molar-refractivity contribution in [2.75, 3.05) is 10.6 Å². The van der Waals surface area contributed by atoms with Gasteiger partial charge in [-0.1, -0.05) is 15.9 Å². The van der Waals surface area contributed by atoms with Gasteiger partial charge in [-0.15, -0.1) is 0 Å². The molecule has 0 saturated carbocycles. The zero-order chi connectivity index (χ0) is 19.2. The van der Waals surface area contributed by atoms with Crippen molar-refractivity contribution in [1.82, 2.24) is 4.98 Å². The van der Waals surface area contributed by atoms with Gasteiger partial charge in [0.1, 0.15) is 11.5 Å². The minimum absolute atomic E-state index is 0.218. The summed E-state index contributed by atoms with van der Waals surface area (Å²) in [6, 6.07) is 15.5. The first-order valence-electron chi connectivity index (χ1n) is 8.08. The molecule has 0 fully saturated rings. The second kappa shape index (κ2) is 8.46. The lowest BCUT2D eigenvalue weighted by Gasteiger charge is -2.12. The van der Waals surface area contributed by atoms with Crippen molar-refractivity contribution >= 4 is 39.1 Å². The molecule has 27 heavy (non-hydrogen) atoms. The Morgan fingerprint density at radius 2 is 1.74 bits per heavy atom. The van der Waals surface area contributed by atoms with E-state index in [-0.39, 0.29) is 11.8 Å². The number of aromatic nitrogens is 1. The van der Waals surface area contributed by atoms with Crippen LogP contribution in [0.3, 0.4) is 0 Å². The van der Waals surface area contributed by atoms with E-state index in [1.807, 2.05) is 0 Å². The van der Waals surface area contributed by atoms with E-state index in [1.165, 1.54) is 6.92 Å². The predicted molar refractivity (Wildman–Crippen MR) is 107 cm³/mol. The van der Waals surface area contributed by atoms with Crippen LogP contribution in [0, 0.1) is 0 Å². The number of anilines is 2. The molecule has 2 aromatic carbocycles. The lowest BCUT2D eigenvalue weighted by molar-refractivity contribution is -0.114. The van der Waals surface area contributed by atoms with Gasteiger partial charge in [0, 0.05) is 23.2 Å². The number of amides is 2. The van der Waals surface area contributed by atoms with Crippen molar-refractivity contribution in [3.63, 3.8) is 0 Å². The molecule has 3 aromatic rings. The minimum atomic E-state index is -0.298. The Morgan fingerprint density at radius 3 is 2.41 bits per heavy atom. The topological polar surface area (TPSA) is 80.3 Å². The smallest absolute Gasteiger partial charge is 0.255 e. The van der Waals surface area contributed by atoms with Crippen LogP contribution >= 0.6 is 15.9 Å². The van der Waals surface area contributed by atoms with Crippen molar-refractivity contribution in [3.05, 3.63) is 77.0 Å². The second-order valence-electron chi connectivity index (χ2n) is 5.64. The van der Waals surface area contributed by atoms with Crippen LogP contribution in [0.2, 0.25) is 0 Å². The monoisotopic (exact) mass is 425 g/mol. The van der Waals surface area contributed by atoms with Crippen LogP contribution in [0.1, 0.15) is 17.3 Å². The maximum atomic E-state index is 12.5. The summed E-state index contributed by atoms with van der Waals surface area (Å²) in [6.07, 6.45) is 3.27. The quantitative estimate of drug-likeness (QED) is 0.612. The first-order valence-corrected chi connectivity index (χ1v) is 8.87. The van der Waals surface area contributed by atoms with Gasteiger partial charge in [0.15, 0.2) is 0 Å². The van der Waals surface area contributed by atoms with Crippen LogP contribution in [0.5, 0.6) is 11.5 Å².